The highest BCUT2D eigenvalue weighted by Gasteiger charge is 2.30. The first-order valence-corrected chi connectivity index (χ1v) is 9.38. The third kappa shape index (κ3) is 3.45. The van der Waals surface area contributed by atoms with Crippen molar-refractivity contribution in [3.63, 3.8) is 0 Å². The summed E-state index contributed by atoms with van der Waals surface area (Å²) in [7, 11) is 4.14. The Balaban J connectivity index is 1.74. The molecule has 3 aromatic rings. The van der Waals surface area contributed by atoms with Crippen LogP contribution in [0.3, 0.4) is 0 Å². The topological polar surface area (TPSA) is 18.8 Å². The minimum atomic E-state index is 0.206. The van der Waals surface area contributed by atoms with Crippen molar-refractivity contribution in [3.05, 3.63) is 95.6 Å². The zero-order valence-corrected chi connectivity index (χ0v) is 16.1. The summed E-state index contributed by atoms with van der Waals surface area (Å²) in [5.74, 6) is 0. The Labute approximate surface area is 161 Å². The molecule has 3 heteroatoms. The molecular formula is C24H25N3. The van der Waals surface area contributed by atoms with Gasteiger partial charge in [0.2, 0.25) is 0 Å². The van der Waals surface area contributed by atoms with Gasteiger partial charge in [-0.15, -0.1) is 0 Å². The number of benzene rings is 3. The molecule has 3 aromatic carbocycles. The normalized spacial score (nSPS) is 16.3. The number of para-hydroxylation sites is 1. The van der Waals surface area contributed by atoms with Crippen LogP contribution in [0.5, 0.6) is 0 Å². The van der Waals surface area contributed by atoms with Crippen LogP contribution in [-0.4, -0.2) is 19.8 Å². The van der Waals surface area contributed by atoms with Gasteiger partial charge in [-0.1, -0.05) is 60.7 Å². The van der Waals surface area contributed by atoms with Crippen molar-refractivity contribution in [3.8, 4) is 0 Å². The van der Waals surface area contributed by atoms with Gasteiger partial charge in [-0.3, -0.25) is 5.01 Å². The Morgan fingerprint density at radius 3 is 2.19 bits per heavy atom. The maximum Gasteiger partial charge on any atom is 0.0831 e. The summed E-state index contributed by atoms with van der Waals surface area (Å²) in [6.45, 7) is 2.15. The average molecular weight is 355 g/mol. The van der Waals surface area contributed by atoms with Crippen molar-refractivity contribution in [2.24, 2.45) is 5.10 Å². The summed E-state index contributed by atoms with van der Waals surface area (Å²) < 4.78 is 0. The fourth-order valence-corrected chi connectivity index (χ4v) is 3.61. The van der Waals surface area contributed by atoms with E-state index in [1.807, 2.05) is 0 Å². The van der Waals surface area contributed by atoms with E-state index >= 15 is 0 Å². The number of hydrogen-bond donors (Lipinski definition) is 0. The lowest BCUT2D eigenvalue weighted by atomic mass is 9.97. The summed E-state index contributed by atoms with van der Waals surface area (Å²) in [4.78, 5) is 2.13. The molecule has 4 rings (SSSR count). The summed E-state index contributed by atoms with van der Waals surface area (Å²) in [5, 5.41) is 7.24. The van der Waals surface area contributed by atoms with Crippen LogP contribution in [0.25, 0.3) is 0 Å². The maximum atomic E-state index is 5.04. The van der Waals surface area contributed by atoms with Crippen molar-refractivity contribution in [2.75, 3.05) is 24.0 Å². The number of hydrogen-bond acceptors (Lipinski definition) is 3. The van der Waals surface area contributed by atoms with E-state index in [1.54, 1.807) is 0 Å². The predicted octanol–water partition coefficient (Wildman–Crippen LogP) is 5.42. The van der Waals surface area contributed by atoms with E-state index in [9.17, 15) is 0 Å². The monoisotopic (exact) mass is 355 g/mol. The molecule has 136 valence electrons. The summed E-state index contributed by atoms with van der Waals surface area (Å²) in [5.41, 5.74) is 7.25. The number of anilines is 2. The second-order valence-electron chi connectivity index (χ2n) is 7.25. The molecule has 0 aromatic heterocycles. The van der Waals surface area contributed by atoms with Crippen molar-refractivity contribution in [1.29, 1.82) is 0 Å². The number of nitrogens with zero attached hydrogens (tertiary/aromatic N) is 3. The Morgan fingerprint density at radius 2 is 1.52 bits per heavy atom. The maximum absolute atomic E-state index is 5.04. The highest BCUT2D eigenvalue weighted by Crippen LogP contribution is 2.38. The third-order valence-electron chi connectivity index (χ3n) is 5.17. The van der Waals surface area contributed by atoms with Gasteiger partial charge in [0, 0.05) is 26.2 Å². The molecule has 0 amide bonds. The molecule has 1 atom stereocenters. The summed E-state index contributed by atoms with van der Waals surface area (Å²) in [6, 6.07) is 28.0. The Bertz CT molecular complexity index is 943. The smallest absolute Gasteiger partial charge is 0.0831 e. The van der Waals surface area contributed by atoms with Gasteiger partial charge in [-0.2, -0.15) is 5.10 Å². The molecule has 1 aliphatic rings. The molecule has 0 saturated heterocycles. The number of rotatable bonds is 4. The zero-order valence-electron chi connectivity index (χ0n) is 16.1. The molecule has 0 spiro atoms. The molecule has 0 saturated carbocycles. The third-order valence-corrected chi connectivity index (χ3v) is 5.17. The van der Waals surface area contributed by atoms with Gasteiger partial charge in [0.15, 0.2) is 0 Å². The van der Waals surface area contributed by atoms with Gasteiger partial charge < -0.3 is 4.90 Å². The van der Waals surface area contributed by atoms with E-state index < -0.39 is 0 Å². The van der Waals surface area contributed by atoms with Gasteiger partial charge in [-0.05, 0) is 41.8 Å². The minimum absolute atomic E-state index is 0.206. The molecular weight excluding hydrogens is 330 g/mol. The van der Waals surface area contributed by atoms with Gasteiger partial charge in [0.1, 0.15) is 0 Å². The van der Waals surface area contributed by atoms with Crippen LogP contribution in [0.1, 0.15) is 29.2 Å². The Kier molecular flexibility index (Phi) is 4.68. The highest BCUT2D eigenvalue weighted by molar-refractivity contribution is 6.03. The summed E-state index contributed by atoms with van der Waals surface area (Å²) >= 11 is 0. The fraction of sp³-hybridized carbons (Fsp3) is 0.208. The van der Waals surface area contributed by atoms with Crippen LogP contribution >= 0.6 is 0 Å². The van der Waals surface area contributed by atoms with Crippen LogP contribution in [0.15, 0.2) is 84.0 Å². The van der Waals surface area contributed by atoms with E-state index in [0.717, 1.165) is 12.1 Å². The Morgan fingerprint density at radius 1 is 0.852 bits per heavy atom. The first kappa shape index (κ1) is 17.3. The lowest BCUT2D eigenvalue weighted by molar-refractivity contribution is 0.707. The van der Waals surface area contributed by atoms with Gasteiger partial charge in [0.05, 0.1) is 17.4 Å². The van der Waals surface area contributed by atoms with Gasteiger partial charge in [-0.25, -0.2) is 0 Å². The molecule has 3 nitrogen and oxygen atoms in total. The van der Waals surface area contributed by atoms with Crippen molar-refractivity contribution in [2.45, 2.75) is 19.4 Å². The molecule has 0 radical (unpaired) electrons. The van der Waals surface area contributed by atoms with E-state index in [0.29, 0.717) is 0 Å². The molecule has 0 bridgehead atoms. The SMILES string of the molecule is Cc1ccccc1N1N=C(c2ccccc2)C[C@@H]1c1ccc(N(C)C)cc1. The molecule has 1 aliphatic heterocycles. The first-order chi connectivity index (χ1) is 13.1. The van der Waals surface area contributed by atoms with Gasteiger partial charge in [0.25, 0.3) is 0 Å². The standard InChI is InChI=1S/C24H25N3/c1-18-9-7-8-12-23(18)27-24(20-13-15-21(16-14-20)26(2)3)17-22(25-27)19-10-5-4-6-11-19/h4-16,24H,17H2,1-3H3/t24-/m1/s1. The van der Waals surface area contributed by atoms with Crippen LogP contribution < -0.4 is 9.91 Å². The van der Waals surface area contributed by atoms with Crippen LogP contribution in [0.4, 0.5) is 11.4 Å². The largest absolute Gasteiger partial charge is 0.378 e. The fourth-order valence-electron chi connectivity index (χ4n) is 3.61. The predicted molar refractivity (Wildman–Crippen MR) is 115 cm³/mol. The minimum Gasteiger partial charge on any atom is -0.378 e. The van der Waals surface area contributed by atoms with Crippen LogP contribution in [0.2, 0.25) is 0 Å². The lowest BCUT2D eigenvalue weighted by Gasteiger charge is -2.26. The molecule has 27 heavy (non-hydrogen) atoms. The molecule has 1 heterocycles. The quantitative estimate of drug-likeness (QED) is 0.622. The number of hydrazone groups is 1. The number of aryl methyl sites for hydroxylation is 1. The van der Waals surface area contributed by atoms with E-state index in [2.05, 4.69) is 110 Å². The van der Waals surface area contributed by atoms with E-state index in [1.165, 1.54) is 28.1 Å². The van der Waals surface area contributed by atoms with Gasteiger partial charge >= 0.3 is 0 Å². The van der Waals surface area contributed by atoms with Crippen molar-refractivity contribution in [1.82, 2.24) is 0 Å². The molecule has 0 N–H and O–H groups in total. The average Bonchev–Trinajstić information content (AvgIpc) is 3.14. The van der Waals surface area contributed by atoms with Crippen LogP contribution in [-0.2, 0) is 0 Å². The van der Waals surface area contributed by atoms with Crippen molar-refractivity contribution < 1.29 is 0 Å². The molecule has 0 fully saturated rings. The van der Waals surface area contributed by atoms with Crippen molar-refractivity contribution >= 4 is 17.1 Å². The van der Waals surface area contributed by atoms with Crippen LogP contribution in [0, 0.1) is 6.92 Å². The second kappa shape index (κ2) is 7.28. The van der Waals surface area contributed by atoms with E-state index in [-0.39, 0.29) is 6.04 Å². The highest BCUT2D eigenvalue weighted by atomic mass is 15.5. The molecule has 0 aliphatic carbocycles. The summed E-state index contributed by atoms with van der Waals surface area (Å²) in [6.07, 6.45) is 0.902. The van der Waals surface area contributed by atoms with E-state index in [4.69, 9.17) is 5.10 Å². The Hall–Kier alpha value is -3.07. The molecule has 0 unspecified atom stereocenters. The zero-order chi connectivity index (χ0) is 18.8. The second-order valence-corrected chi connectivity index (χ2v) is 7.25. The lowest BCUT2D eigenvalue weighted by Crippen LogP contribution is -2.19. The first-order valence-electron chi connectivity index (χ1n) is 9.38.